The standard InChI is InChI=1S/C11H21NO3/c1-4-6-8-14-9-7-12-10(3)11(13)15-5-2/h4,10,12H,1,5-9H2,2-3H3. The van der Waals surface area contributed by atoms with Gasteiger partial charge in [0.15, 0.2) is 0 Å². The monoisotopic (exact) mass is 215 g/mol. The van der Waals surface area contributed by atoms with E-state index >= 15 is 0 Å². The smallest absolute Gasteiger partial charge is 0.322 e. The molecule has 0 amide bonds. The maximum absolute atomic E-state index is 11.2. The van der Waals surface area contributed by atoms with E-state index in [2.05, 4.69) is 11.9 Å². The molecule has 0 aromatic heterocycles. The zero-order valence-corrected chi connectivity index (χ0v) is 9.62. The summed E-state index contributed by atoms with van der Waals surface area (Å²) < 4.78 is 10.1. The molecule has 1 N–H and O–H groups in total. The van der Waals surface area contributed by atoms with Gasteiger partial charge in [-0.1, -0.05) is 6.08 Å². The Hall–Kier alpha value is -0.870. The van der Waals surface area contributed by atoms with Gasteiger partial charge in [0, 0.05) is 6.54 Å². The molecular formula is C11H21NO3. The molecule has 0 aliphatic carbocycles. The molecule has 0 saturated carbocycles. The molecule has 0 heterocycles. The molecule has 15 heavy (non-hydrogen) atoms. The third-order valence-electron chi connectivity index (χ3n) is 1.80. The number of hydrogen-bond donors (Lipinski definition) is 1. The minimum atomic E-state index is -0.270. The first-order valence-electron chi connectivity index (χ1n) is 5.31. The van der Waals surface area contributed by atoms with Crippen LogP contribution < -0.4 is 5.32 Å². The van der Waals surface area contributed by atoms with E-state index < -0.39 is 0 Å². The van der Waals surface area contributed by atoms with Gasteiger partial charge in [-0.05, 0) is 20.3 Å². The average Bonchev–Trinajstić information content (AvgIpc) is 2.23. The van der Waals surface area contributed by atoms with Gasteiger partial charge in [0.2, 0.25) is 0 Å². The fourth-order valence-electron chi connectivity index (χ4n) is 0.967. The zero-order chi connectivity index (χ0) is 11.5. The average molecular weight is 215 g/mol. The van der Waals surface area contributed by atoms with Crippen molar-refractivity contribution in [2.24, 2.45) is 0 Å². The number of esters is 1. The molecule has 0 bridgehead atoms. The predicted molar refractivity (Wildman–Crippen MR) is 59.7 cm³/mol. The number of rotatable bonds is 9. The Kier molecular flexibility index (Phi) is 9.11. The minimum Gasteiger partial charge on any atom is -0.465 e. The second-order valence-electron chi connectivity index (χ2n) is 3.12. The quantitative estimate of drug-likeness (QED) is 0.356. The highest BCUT2D eigenvalue weighted by molar-refractivity contribution is 5.75. The van der Waals surface area contributed by atoms with Gasteiger partial charge in [0.05, 0.1) is 19.8 Å². The highest BCUT2D eigenvalue weighted by atomic mass is 16.5. The maximum Gasteiger partial charge on any atom is 0.322 e. The van der Waals surface area contributed by atoms with Crippen LogP contribution in [0.5, 0.6) is 0 Å². The summed E-state index contributed by atoms with van der Waals surface area (Å²) in [6.45, 7) is 9.51. The minimum absolute atomic E-state index is 0.219. The second-order valence-corrected chi connectivity index (χ2v) is 3.12. The summed E-state index contributed by atoms with van der Waals surface area (Å²) in [6.07, 6.45) is 2.67. The SMILES string of the molecule is C=CCCOCCNC(C)C(=O)OCC. The molecule has 4 nitrogen and oxygen atoms in total. The lowest BCUT2D eigenvalue weighted by Gasteiger charge is -2.12. The van der Waals surface area contributed by atoms with Crippen LogP contribution >= 0.6 is 0 Å². The molecule has 0 fully saturated rings. The summed E-state index contributed by atoms with van der Waals surface area (Å²) in [7, 11) is 0. The molecule has 0 aromatic carbocycles. The van der Waals surface area contributed by atoms with Crippen molar-refractivity contribution >= 4 is 5.97 Å². The van der Waals surface area contributed by atoms with E-state index in [1.807, 2.05) is 6.08 Å². The van der Waals surface area contributed by atoms with Gasteiger partial charge < -0.3 is 14.8 Å². The highest BCUT2D eigenvalue weighted by Crippen LogP contribution is 1.88. The van der Waals surface area contributed by atoms with Crippen molar-refractivity contribution in [2.75, 3.05) is 26.4 Å². The van der Waals surface area contributed by atoms with Crippen molar-refractivity contribution in [3.8, 4) is 0 Å². The fraction of sp³-hybridized carbons (Fsp3) is 0.727. The van der Waals surface area contributed by atoms with Crippen molar-refractivity contribution in [3.63, 3.8) is 0 Å². The summed E-state index contributed by atoms with van der Waals surface area (Å²) >= 11 is 0. The van der Waals surface area contributed by atoms with Crippen molar-refractivity contribution in [2.45, 2.75) is 26.3 Å². The molecule has 0 saturated heterocycles. The lowest BCUT2D eigenvalue weighted by atomic mass is 10.3. The van der Waals surface area contributed by atoms with Crippen molar-refractivity contribution in [3.05, 3.63) is 12.7 Å². The summed E-state index contributed by atoms with van der Waals surface area (Å²) in [5.74, 6) is -0.219. The van der Waals surface area contributed by atoms with Crippen LogP contribution in [0, 0.1) is 0 Å². The van der Waals surface area contributed by atoms with Crippen LogP contribution in [0.1, 0.15) is 20.3 Å². The second kappa shape index (κ2) is 9.68. The summed E-state index contributed by atoms with van der Waals surface area (Å²) in [4.78, 5) is 11.2. The Morgan fingerprint density at radius 3 is 2.87 bits per heavy atom. The van der Waals surface area contributed by atoms with Crippen LogP contribution in [0.15, 0.2) is 12.7 Å². The van der Waals surface area contributed by atoms with Crippen molar-refractivity contribution < 1.29 is 14.3 Å². The molecule has 88 valence electrons. The van der Waals surface area contributed by atoms with Crippen LogP contribution in [-0.2, 0) is 14.3 Å². The van der Waals surface area contributed by atoms with E-state index in [-0.39, 0.29) is 12.0 Å². The normalized spacial score (nSPS) is 12.1. The van der Waals surface area contributed by atoms with Gasteiger partial charge >= 0.3 is 5.97 Å². The third kappa shape index (κ3) is 8.15. The molecule has 0 aliphatic rings. The third-order valence-corrected chi connectivity index (χ3v) is 1.80. The van der Waals surface area contributed by atoms with Crippen LogP contribution in [0.3, 0.4) is 0 Å². The van der Waals surface area contributed by atoms with Gasteiger partial charge in [0.1, 0.15) is 6.04 Å². The van der Waals surface area contributed by atoms with Gasteiger partial charge in [-0.25, -0.2) is 0 Å². The van der Waals surface area contributed by atoms with Crippen LogP contribution in [-0.4, -0.2) is 38.4 Å². The first-order chi connectivity index (χ1) is 7.22. The van der Waals surface area contributed by atoms with Gasteiger partial charge in [-0.15, -0.1) is 6.58 Å². The Morgan fingerprint density at radius 2 is 2.27 bits per heavy atom. The number of carbonyl (C=O) groups is 1. The van der Waals surface area contributed by atoms with Crippen LogP contribution in [0.25, 0.3) is 0 Å². The Balaban J connectivity index is 3.34. The van der Waals surface area contributed by atoms with E-state index in [1.165, 1.54) is 0 Å². The lowest BCUT2D eigenvalue weighted by molar-refractivity contribution is -0.145. The summed E-state index contributed by atoms with van der Waals surface area (Å²) in [5, 5.41) is 3.02. The molecule has 1 unspecified atom stereocenters. The molecule has 0 radical (unpaired) electrons. The van der Waals surface area contributed by atoms with E-state index in [1.54, 1.807) is 13.8 Å². The first-order valence-corrected chi connectivity index (χ1v) is 5.31. The molecule has 0 spiro atoms. The lowest BCUT2D eigenvalue weighted by Crippen LogP contribution is -2.37. The first kappa shape index (κ1) is 14.1. The highest BCUT2D eigenvalue weighted by Gasteiger charge is 2.11. The Bertz CT molecular complexity index is 183. The molecular weight excluding hydrogens is 194 g/mol. The number of nitrogens with one attached hydrogen (secondary N) is 1. The summed E-state index contributed by atoms with van der Waals surface area (Å²) in [5.41, 5.74) is 0. The number of carbonyl (C=O) groups excluding carboxylic acids is 1. The maximum atomic E-state index is 11.2. The topological polar surface area (TPSA) is 47.6 Å². The van der Waals surface area contributed by atoms with E-state index in [4.69, 9.17) is 9.47 Å². The molecule has 1 atom stereocenters. The number of ether oxygens (including phenoxy) is 2. The molecule has 0 aliphatic heterocycles. The molecule has 4 heteroatoms. The van der Waals surface area contributed by atoms with E-state index in [0.29, 0.717) is 26.4 Å². The van der Waals surface area contributed by atoms with Gasteiger partial charge in [-0.2, -0.15) is 0 Å². The summed E-state index contributed by atoms with van der Waals surface area (Å²) in [6, 6.07) is -0.270. The fourth-order valence-corrected chi connectivity index (χ4v) is 0.967. The van der Waals surface area contributed by atoms with Crippen molar-refractivity contribution in [1.82, 2.24) is 5.32 Å². The number of hydrogen-bond acceptors (Lipinski definition) is 4. The van der Waals surface area contributed by atoms with E-state index in [0.717, 1.165) is 6.42 Å². The Morgan fingerprint density at radius 1 is 1.53 bits per heavy atom. The van der Waals surface area contributed by atoms with Crippen LogP contribution in [0.2, 0.25) is 0 Å². The van der Waals surface area contributed by atoms with Gasteiger partial charge in [0.25, 0.3) is 0 Å². The zero-order valence-electron chi connectivity index (χ0n) is 9.62. The van der Waals surface area contributed by atoms with Gasteiger partial charge in [-0.3, -0.25) is 4.79 Å². The largest absolute Gasteiger partial charge is 0.465 e. The van der Waals surface area contributed by atoms with Crippen LogP contribution in [0.4, 0.5) is 0 Å². The van der Waals surface area contributed by atoms with Crippen molar-refractivity contribution in [1.29, 1.82) is 0 Å². The predicted octanol–water partition coefficient (Wildman–Crippen LogP) is 1.12. The van der Waals surface area contributed by atoms with E-state index in [9.17, 15) is 4.79 Å². The molecule has 0 rings (SSSR count). The molecule has 0 aromatic rings. The Labute approximate surface area is 91.6 Å².